The van der Waals surface area contributed by atoms with E-state index in [0.717, 1.165) is 38.9 Å². The third kappa shape index (κ3) is 16.6. The molecule has 150 valence electrons. The van der Waals surface area contributed by atoms with Crippen LogP contribution in [0.15, 0.2) is 0 Å². The van der Waals surface area contributed by atoms with Crippen LogP contribution in [0.25, 0.3) is 0 Å². The van der Waals surface area contributed by atoms with E-state index in [1.54, 1.807) is 0 Å². The van der Waals surface area contributed by atoms with E-state index in [2.05, 4.69) is 37.7 Å². The maximum Gasteiger partial charge on any atom is 0.222 e. The zero-order valence-electron chi connectivity index (χ0n) is 17.8. The summed E-state index contributed by atoms with van der Waals surface area (Å²) >= 11 is 0. The average Bonchev–Trinajstić information content (AvgIpc) is 2.58. The standard InChI is InChI=1S/C22H46N2O/c1-5-7-9-11-13-15-18-22(25)24(21-17-19-23(3)4)20-16-14-12-10-8-6-2/h5-21H2,1-4H3. The lowest BCUT2D eigenvalue weighted by molar-refractivity contribution is -0.131. The van der Waals surface area contributed by atoms with Gasteiger partial charge in [-0.2, -0.15) is 0 Å². The zero-order chi connectivity index (χ0) is 18.8. The fraction of sp³-hybridized carbons (Fsp3) is 0.955. The van der Waals surface area contributed by atoms with Crippen molar-refractivity contribution in [2.24, 2.45) is 0 Å². The zero-order valence-corrected chi connectivity index (χ0v) is 17.8. The normalized spacial score (nSPS) is 11.2. The molecule has 0 unspecified atom stereocenters. The first-order chi connectivity index (χ1) is 12.1. The van der Waals surface area contributed by atoms with Crippen molar-refractivity contribution in [1.29, 1.82) is 0 Å². The van der Waals surface area contributed by atoms with Gasteiger partial charge in [0.2, 0.25) is 5.91 Å². The predicted molar refractivity (Wildman–Crippen MR) is 111 cm³/mol. The summed E-state index contributed by atoms with van der Waals surface area (Å²) in [6, 6.07) is 0. The van der Waals surface area contributed by atoms with Crippen LogP contribution in [0.2, 0.25) is 0 Å². The molecule has 3 heteroatoms. The Morgan fingerprint density at radius 3 is 1.64 bits per heavy atom. The minimum absolute atomic E-state index is 0.391. The van der Waals surface area contributed by atoms with Crippen LogP contribution in [0.4, 0.5) is 0 Å². The summed E-state index contributed by atoms with van der Waals surface area (Å²) in [4.78, 5) is 16.9. The highest BCUT2D eigenvalue weighted by Crippen LogP contribution is 2.11. The lowest BCUT2D eigenvalue weighted by Crippen LogP contribution is -2.34. The number of carbonyl (C=O) groups is 1. The van der Waals surface area contributed by atoms with Crippen molar-refractivity contribution in [3.63, 3.8) is 0 Å². The van der Waals surface area contributed by atoms with Crippen LogP contribution in [-0.4, -0.2) is 49.4 Å². The van der Waals surface area contributed by atoms with E-state index in [9.17, 15) is 4.79 Å². The lowest BCUT2D eigenvalue weighted by atomic mass is 10.1. The van der Waals surface area contributed by atoms with Gasteiger partial charge in [-0.25, -0.2) is 0 Å². The predicted octanol–water partition coefficient (Wildman–Crippen LogP) is 5.88. The van der Waals surface area contributed by atoms with E-state index in [0.29, 0.717) is 5.91 Å². The van der Waals surface area contributed by atoms with E-state index in [-0.39, 0.29) is 0 Å². The van der Waals surface area contributed by atoms with Gasteiger partial charge in [0.1, 0.15) is 0 Å². The molecule has 1 amide bonds. The summed E-state index contributed by atoms with van der Waals surface area (Å²) in [7, 11) is 4.21. The van der Waals surface area contributed by atoms with Crippen molar-refractivity contribution in [2.75, 3.05) is 33.7 Å². The maximum atomic E-state index is 12.6. The first-order valence-electron chi connectivity index (χ1n) is 11.0. The Morgan fingerprint density at radius 2 is 1.08 bits per heavy atom. The van der Waals surface area contributed by atoms with E-state index < -0.39 is 0 Å². The number of nitrogens with zero attached hydrogens (tertiary/aromatic N) is 2. The molecule has 0 saturated carbocycles. The molecule has 25 heavy (non-hydrogen) atoms. The summed E-state index contributed by atoms with van der Waals surface area (Å²) in [5, 5.41) is 0. The van der Waals surface area contributed by atoms with Gasteiger partial charge in [0.25, 0.3) is 0 Å². The topological polar surface area (TPSA) is 23.6 Å². The van der Waals surface area contributed by atoms with E-state index in [4.69, 9.17) is 0 Å². The van der Waals surface area contributed by atoms with Crippen LogP contribution < -0.4 is 0 Å². The molecule has 0 spiro atoms. The van der Waals surface area contributed by atoms with Gasteiger partial charge in [-0.1, -0.05) is 78.1 Å². The molecule has 0 saturated heterocycles. The second kappa shape index (κ2) is 18.2. The third-order valence-electron chi connectivity index (χ3n) is 4.91. The molecule has 0 rings (SSSR count). The second-order valence-corrected chi connectivity index (χ2v) is 7.82. The van der Waals surface area contributed by atoms with Gasteiger partial charge in [-0.15, -0.1) is 0 Å². The second-order valence-electron chi connectivity index (χ2n) is 7.82. The van der Waals surface area contributed by atoms with Crippen molar-refractivity contribution in [1.82, 2.24) is 9.80 Å². The van der Waals surface area contributed by atoms with Crippen LogP contribution in [0, 0.1) is 0 Å². The molecular weight excluding hydrogens is 308 g/mol. The molecule has 0 heterocycles. The van der Waals surface area contributed by atoms with Gasteiger partial charge < -0.3 is 9.80 Å². The van der Waals surface area contributed by atoms with Crippen LogP contribution in [0.3, 0.4) is 0 Å². The minimum Gasteiger partial charge on any atom is -0.343 e. The highest BCUT2D eigenvalue weighted by molar-refractivity contribution is 5.76. The Balaban J connectivity index is 4.01. The summed E-state index contributed by atoms with van der Waals surface area (Å²) in [5.74, 6) is 0.391. The number of hydrogen-bond acceptors (Lipinski definition) is 2. The molecule has 0 aromatic rings. The summed E-state index contributed by atoms with van der Waals surface area (Å²) in [6.07, 6.45) is 17.1. The average molecular weight is 355 g/mol. The van der Waals surface area contributed by atoms with Gasteiger partial charge in [0, 0.05) is 19.5 Å². The van der Waals surface area contributed by atoms with Crippen LogP contribution >= 0.6 is 0 Å². The summed E-state index contributed by atoms with van der Waals surface area (Å²) < 4.78 is 0. The fourth-order valence-electron chi connectivity index (χ4n) is 3.24. The van der Waals surface area contributed by atoms with Crippen LogP contribution in [0.1, 0.15) is 104 Å². The quantitative estimate of drug-likeness (QED) is 0.287. The van der Waals surface area contributed by atoms with E-state index in [1.165, 1.54) is 70.6 Å². The molecule has 0 fully saturated rings. The molecule has 0 aliphatic carbocycles. The van der Waals surface area contributed by atoms with Crippen molar-refractivity contribution in [2.45, 2.75) is 104 Å². The Morgan fingerprint density at radius 1 is 0.600 bits per heavy atom. The molecule has 0 aromatic heterocycles. The largest absolute Gasteiger partial charge is 0.343 e. The molecule has 3 nitrogen and oxygen atoms in total. The van der Waals surface area contributed by atoms with Gasteiger partial charge in [-0.05, 0) is 39.9 Å². The smallest absolute Gasteiger partial charge is 0.222 e. The number of unbranched alkanes of at least 4 members (excludes halogenated alkanes) is 10. The first-order valence-corrected chi connectivity index (χ1v) is 11.0. The Kier molecular flexibility index (Phi) is 17.8. The van der Waals surface area contributed by atoms with Gasteiger partial charge in [-0.3, -0.25) is 4.79 Å². The van der Waals surface area contributed by atoms with E-state index >= 15 is 0 Å². The maximum absolute atomic E-state index is 12.6. The van der Waals surface area contributed by atoms with Crippen molar-refractivity contribution >= 4 is 5.91 Å². The molecule has 0 atom stereocenters. The highest BCUT2D eigenvalue weighted by Gasteiger charge is 2.12. The SMILES string of the molecule is CCCCCCCCC(=O)N(CCCCCCCC)CCCN(C)C. The molecule has 0 aromatic carbocycles. The van der Waals surface area contributed by atoms with Crippen LogP contribution in [0.5, 0.6) is 0 Å². The minimum atomic E-state index is 0.391. The van der Waals surface area contributed by atoms with Gasteiger partial charge >= 0.3 is 0 Å². The number of hydrogen-bond donors (Lipinski definition) is 0. The Bertz CT molecular complexity index is 292. The van der Waals surface area contributed by atoms with Crippen molar-refractivity contribution < 1.29 is 4.79 Å². The summed E-state index contributed by atoms with van der Waals surface area (Å²) in [6.45, 7) is 7.47. The fourth-order valence-corrected chi connectivity index (χ4v) is 3.24. The first kappa shape index (κ1) is 24.4. The molecular formula is C22H46N2O. The van der Waals surface area contributed by atoms with Crippen LogP contribution in [-0.2, 0) is 4.79 Å². The molecule has 0 aliphatic heterocycles. The monoisotopic (exact) mass is 354 g/mol. The lowest BCUT2D eigenvalue weighted by Gasteiger charge is -2.24. The van der Waals surface area contributed by atoms with Gasteiger partial charge in [0.05, 0.1) is 0 Å². The van der Waals surface area contributed by atoms with E-state index in [1.807, 2.05) is 0 Å². The molecule has 0 aliphatic rings. The highest BCUT2D eigenvalue weighted by atomic mass is 16.2. The molecule has 0 radical (unpaired) electrons. The Hall–Kier alpha value is -0.570. The number of rotatable bonds is 18. The number of amides is 1. The summed E-state index contributed by atoms with van der Waals surface area (Å²) in [5.41, 5.74) is 0. The van der Waals surface area contributed by atoms with Gasteiger partial charge in [0.15, 0.2) is 0 Å². The van der Waals surface area contributed by atoms with Crippen molar-refractivity contribution in [3.8, 4) is 0 Å². The number of carbonyl (C=O) groups excluding carboxylic acids is 1. The van der Waals surface area contributed by atoms with Crippen molar-refractivity contribution in [3.05, 3.63) is 0 Å². The molecule has 0 N–H and O–H groups in total. The third-order valence-corrected chi connectivity index (χ3v) is 4.91. The Labute approximate surface area is 158 Å². The molecule has 0 bridgehead atoms.